The van der Waals surface area contributed by atoms with Crippen LogP contribution in [0, 0.1) is 0 Å². The first-order valence-corrected chi connectivity index (χ1v) is 8.34. The SMILES string of the molecule is CC(C)NCc1cc(N(C)Cc2csc(Br)c2)ccn1. The van der Waals surface area contributed by atoms with Gasteiger partial charge in [-0.15, -0.1) is 11.3 Å². The largest absolute Gasteiger partial charge is 0.370 e. The minimum absolute atomic E-state index is 0.473. The molecule has 0 aromatic carbocycles. The van der Waals surface area contributed by atoms with Gasteiger partial charge in [-0.3, -0.25) is 4.98 Å². The Kier molecular flexibility index (Phi) is 5.57. The zero-order valence-electron chi connectivity index (χ0n) is 12.1. The molecule has 0 spiro atoms. The molecular weight excluding hydrogens is 334 g/mol. The van der Waals surface area contributed by atoms with Gasteiger partial charge in [-0.1, -0.05) is 13.8 Å². The van der Waals surface area contributed by atoms with Gasteiger partial charge in [0.25, 0.3) is 0 Å². The highest BCUT2D eigenvalue weighted by Crippen LogP contribution is 2.23. The molecule has 0 unspecified atom stereocenters. The highest BCUT2D eigenvalue weighted by molar-refractivity contribution is 9.11. The van der Waals surface area contributed by atoms with Crippen LogP contribution < -0.4 is 10.2 Å². The van der Waals surface area contributed by atoms with E-state index in [2.05, 4.69) is 75.6 Å². The molecule has 2 aromatic heterocycles. The molecule has 0 aliphatic rings. The van der Waals surface area contributed by atoms with E-state index in [0.29, 0.717) is 6.04 Å². The number of nitrogens with one attached hydrogen (secondary N) is 1. The van der Waals surface area contributed by atoms with Gasteiger partial charge in [0.15, 0.2) is 0 Å². The number of hydrogen-bond acceptors (Lipinski definition) is 4. The van der Waals surface area contributed by atoms with Crippen molar-refractivity contribution in [2.45, 2.75) is 33.0 Å². The van der Waals surface area contributed by atoms with Crippen molar-refractivity contribution in [3.63, 3.8) is 0 Å². The molecule has 20 heavy (non-hydrogen) atoms. The summed E-state index contributed by atoms with van der Waals surface area (Å²) >= 11 is 5.23. The number of anilines is 1. The Morgan fingerprint density at radius 1 is 1.40 bits per heavy atom. The van der Waals surface area contributed by atoms with E-state index in [1.165, 1.54) is 15.0 Å². The van der Waals surface area contributed by atoms with Crippen molar-refractivity contribution in [3.05, 3.63) is 44.8 Å². The number of aromatic nitrogens is 1. The van der Waals surface area contributed by atoms with Crippen LogP contribution in [0.1, 0.15) is 25.1 Å². The maximum atomic E-state index is 4.41. The molecule has 0 bridgehead atoms. The van der Waals surface area contributed by atoms with E-state index in [1.54, 1.807) is 11.3 Å². The quantitative estimate of drug-likeness (QED) is 0.849. The Morgan fingerprint density at radius 2 is 2.20 bits per heavy atom. The van der Waals surface area contributed by atoms with Crippen LogP contribution in [0.15, 0.2) is 33.6 Å². The number of hydrogen-bond donors (Lipinski definition) is 1. The zero-order valence-corrected chi connectivity index (χ0v) is 14.5. The Hall–Kier alpha value is -0.910. The zero-order chi connectivity index (χ0) is 14.5. The summed E-state index contributed by atoms with van der Waals surface area (Å²) in [5.41, 5.74) is 3.60. The van der Waals surface area contributed by atoms with Crippen molar-refractivity contribution < 1.29 is 0 Å². The standard InChI is InChI=1S/C15H20BrN3S/c1-11(2)18-8-13-7-14(4-5-17-13)19(3)9-12-6-15(16)20-10-12/h4-7,10-11,18H,8-9H2,1-3H3. The van der Waals surface area contributed by atoms with Gasteiger partial charge in [0.1, 0.15) is 0 Å². The summed E-state index contributed by atoms with van der Waals surface area (Å²) in [6.07, 6.45) is 1.88. The van der Waals surface area contributed by atoms with Crippen LogP contribution in [0.2, 0.25) is 0 Å². The summed E-state index contributed by atoms with van der Waals surface area (Å²) < 4.78 is 1.18. The van der Waals surface area contributed by atoms with Gasteiger partial charge < -0.3 is 10.2 Å². The Balaban J connectivity index is 2.02. The summed E-state index contributed by atoms with van der Waals surface area (Å²) in [5, 5.41) is 5.58. The van der Waals surface area contributed by atoms with Crippen molar-refractivity contribution in [3.8, 4) is 0 Å². The second-order valence-corrected chi connectivity index (χ2v) is 7.45. The summed E-state index contributed by atoms with van der Waals surface area (Å²) in [5.74, 6) is 0. The van der Waals surface area contributed by atoms with Gasteiger partial charge in [0, 0.05) is 38.1 Å². The molecule has 0 saturated carbocycles. The highest BCUT2D eigenvalue weighted by atomic mass is 79.9. The molecule has 0 saturated heterocycles. The van der Waals surface area contributed by atoms with E-state index in [1.807, 2.05) is 6.20 Å². The number of rotatable bonds is 6. The van der Waals surface area contributed by atoms with Crippen LogP contribution in [-0.4, -0.2) is 18.1 Å². The van der Waals surface area contributed by atoms with Crippen molar-refractivity contribution in [2.75, 3.05) is 11.9 Å². The van der Waals surface area contributed by atoms with Gasteiger partial charge in [0.05, 0.1) is 9.48 Å². The molecule has 5 heteroatoms. The average molecular weight is 354 g/mol. The molecule has 2 aromatic rings. The van der Waals surface area contributed by atoms with E-state index >= 15 is 0 Å². The molecule has 0 aliphatic heterocycles. The molecular formula is C15H20BrN3S. The van der Waals surface area contributed by atoms with Gasteiger partial charge >= 0.3 is 0 Å². The summed E-state index contributed by atoms with van der Waals surface area (Å²) in [4.78, 5) is 6.66. The molecule has 0 amide bonds. The lowest BCUT2D eigenvalue weighted by Crippen LogP contribution is -2.23. The monoisotopic (exact) mass is 353 g/mol. The molecule has 0 fully saturated rings. The summed E-state index contributed by atoms with van der Waals surface area (Å²) in [7, 11) is 2.11. The molecule has 1 N–H and O–H groups in total. The molecule has 3 nitrogen and oxygen atoms in total. The predicted octanol–water partition coefficient (Wildman–Crippen LogP) is 4.04. The van der Waals surface area contributed by atoms with E-state index in [4.69, 9.17) is 0 Å². The Morgan fingerprint density at radius 3 is 2.85 bits per heavy atom. The van der Waals surface area contributed by atoms with Crippen LogP contribution in [0.3, 0.4) is 0 Å². The van der Waals surface area contributed by atoms with Gasteiger partial charge in [-0.2, -0.15) is 0 Å². The van der Waals surface area contributed by atoms with Crippen LogP contribution in [-0.2, 0) is 13.1 Å². The van der Waals surface area contributed by atoms with Crippen LogP contribution in [0.5, 0.6) is 0 Å². The maximum absolute atomic E-state index is 4.41. The number of pyridine rings is 1. The van der Waals surface area contributed by atoms with Gasteiger partial charge in [-0.05, 0) is 45.1 Å². The lowest BCUT2D eigenvalue weighted by Gasteiger charge is -2.19. The number of halogens is 1. The fourth-order valence-electron chi connectivity index (χ4n) is 1.90. The first-order valence-electron chi connectivity index (χ1n) is 6.67. The third kappa shape index (κ3) is 4.58. The van der Waals surface area contributed by atoms with Crippen molar-refractivity contribution in [2.24, 2.45) is 0 Å². The van der Waals surface area contributed by atoms with Crippen LogP contribution in [0.4, 0.5) is 5.69 Å². The summed E-state index contributed by atoms with van der Waals surface area (Å²) in [6.45, 7) is 6.00. The van der Waals surface area contributed by atoms with E-state index in [9.17, 15) is 0 Å². The average Bonchev–Trinajstić information content (AvgIpc) is 2.82. The molecule has 2 rings (SSSR count). The maximum Gasteiger partial charge on any atom is 0.0701 e. The van der Waals surface area contributed by atoms with Crippen molar-refractivity contribution in [1.82, 2.24) is 10.3 Å². The lowest BCUT2D eigenvalue weighted by atomic mass is 10.2. The molecule has 2 heterocycles. The minimum atomic E-state index is 0.473. The molecule has 108 valence electrons. The van der Waals surface area contributed by atoms with Crippen molar-refractivity contribution >= 4 is 33.0 Å². The van der Waals surface area contributed by atoms with E-state index in [0.717, 1.165) is 18.8 Å². The smallest absolute Gasteiger partial charge is 0.0701 e. The minimum Gasteiger partial charge on any atom is -0.370 e. The Bertz CT molecular complexity index is 554. The summed E-state index contributed by atoms with van der Waals surface area (Å²) in [6, 6.07) is 6.85. The van der Waals surface area contributed by atoms with E-state index in [-0.39, 0.29) is 0 Å². The van der Waals surface area contributed by atoms with Gasteiger partial charge in [0.2, 0.25) is 0 Å². The van der Waals surface area contributed by atoms with Crippen molar-refractivity contribution in [1.29, 1.82) is 0 Å². The topological polar surface area (TPSA) is 28.2 Å². The lowest BCUT2D eigenvalue weighted by molar-refractivity contribution is 0.581. The van der Waals surface area contributed by atoms with Crippen LogP contribution in [0.25, 0.3) is 0 Å². The second-order valence-electron chi connectivity index (χ2n) is 5.16. The second kappa shape index (κ2) is 7.20. The number of nitrogens with zero attached hydrogens (tertiary/aromatic N) is 2. The molecule has 0 aliphatic carbocycles. The normalized spacial score (nSPS) is 11.1. The highest BCUT2D eigenvalue weighted by Gasteiger charge is 2.06. The molecule has 0 atom stereocenters. The van der Waals surface area contributed by atoms with E-state index < -0.39 is 0 Å². The first kappa shape index (κ1) is 15.5. The first-order chi connectivity index (χ1) is 9.54. The predicted molar refractivity (Wildman–Crippen MR) is 90.3 cm³/mol. The third-order valence-electron chi connectivity index (χ3n) is 2.97. The fourth-order valence-corrected chi connectivity index (χ4v) is 3.10. The molecule has 0 radical (unpaired) electrons. The number of thiophene rings is 1. The van der Waals surface area contributed by atoms with Crippen LogP contribution >= 0.6 is 27.3 Å². The fraction of sp³-hybridized carbons (Fsp3) is 0.400. The third-order valence-corrected chi connectivity index (χ3v) is 4.53. The van der Waals surface area contributed by atoms with Gasteiger partial charge in [-0.25, -0.2) is 0 Å². The Labute approximate surface area is 133 Å².